The fourth-order valence-electron chi connectivity index (χ4n) is 3.08. The zero-order chi connectivity index (χ0) is 12.3. The van der Waals surface area contributed by atoms with Crippen LogP contribution in [0.3, 0.4) is 0 Å². The molecule has 2 rings (SSSR count). The minimum atomic E-state index is 0.182. The molecule has 98 valence electrons. The number of aliphatic hydroxyl groups excluding tert-OH is 1. The number of hydrogen-bond acceptors (Lipinski definition) is 2. The second-order valence-electron chi connectivity index (χ2n) is 5.84. The molecule has 3 atom stereocenters. The van der Waals surface area contributed by atoms with Crippen LogP contribution in [0.4, 0.5) is 0 Å². The smallest absolute Gasteiger partial charge is 0.223 e. The number of hydrogen-bond donors (Lipinski definition) is 2. The summed E-state index contributed by atoms with van der Waals surface area (Å²) in [7, 11) is 0. The van der Waals surface area contributed by atoms with Gasteiger partial charge in [-0.25, -0.2) is 0 Å². The topological polar surface area (TPSA) is 49.3 Å². The molecule has 0 saturated heterocycles. The van der Waals surface area contributed by atoms with E-state index >= 15 is 0 Å². The van der Waals surface area contributed by atoms with Crippen LogP contribution in [-0.2, 0) is 4.79 Å². The Morgan fingerprint density at radius 3 is 2.53 bits per heavy atom. The molecule has 0 aromatic carbocycles. The maximum absolute atomic E-state index is 12.0. The Bertz CT molecular complexity index is 261. The van der Waals surface area contributed by atoms with Crippen molar-refractivity contribution in [3.8, 4) is 0 Å². The number of aliphatic hydroxyl groups is 1. The average molecular weight is 239 g/mol. The predicted molar refractivity (Wildman–Crippen MR) is 67.5 cm³/mol. The standard InChI is InChI=1S/C14H25NO2/c1-10-9-12(10)14(17)15-13(7-8-16)11-5-3-2-4-6-11/h10-13,16H,2-9H2,1H3,(H,15,17). The van der Waals surface area contributed by atoms with E-state index < -0.39 is 0 Å². The Hall–Kier alpha value is -0.570. The number of amides is 1. The number of nitrogens with one attached hydrogen (secondary N) is 1. The van der Waals surface area contributed by atoms with Gasteiger partial charge in [-0.05, 0) is 37.5 Å². The summed E-state index contributed by atoms with van der Waals surface area (Å²) in [6.45, 7) is 2.31. The third kappa shape index (κ3) is 3.44. The van der Waals surface area contributed by atoms with Gasteiger partial charge in [0, 0.05) is 18.6 Å². The molecule has 0 bridgehead atoms. The van der Waals surface area contributed by atoms with Crippen LogP contribution < -0.4 is 5.32 Å². The Morgan fingerprint density at radius 1 is 1.35 bits per heavy atom. The molecule has 3 nitrogen and oxygen atoms in total. The van der Waals surface area contributed by atoms with E-state index in [4.69, 9.17) is 5.11 Å². The Balaban J connectivity index is 1.84. The molecule has 0 heterocycles. The van der Waals surface area contributed by atoms with Gasteiger partial charge in [0.25, 0.3) is 0 Å². The zero-order valence-corrected chi connectivity index (χ0v) is 10.8. The number of carbonyl (C=O) groups excluding carboxylic acids is 1. The van der Waals surface area contributed by atoms with Gasteiger partial charge in [-0.15, -0.1) is 0 Å². The second kappa shape index (κ2) is 5.85. The van der Waals surface area contributed by atoms with Gasteiger partial charge < -0.3 is 10.4 Å². The van der Waals surface area contributed by atoms with E-state index in [-0.39, 0.29) is 24.5 Å². The van der Waals surface area contributed by atoms with Crippen molar-refractivity contribution < 1.29 is 9.90 Å². The molecular formula is C14H25NO2. The fourth-order valence-corrected chi connectivity index (χ4v) is 3.08. The van der Waals surface area contributed by atoms with Gasteiger partial charge in [-0.3, -0.25) is 4.79 Å². The van der Waals surface area contributed by atoms with E-state index in [1.807, 2.05) is 0 Å². The predicted octanol–water partition coefficient (Wildman–Crippen LogP) is 2.09. The van der Waals surface area contributed by atoms with Crippen LogP contribution in [0.1, 0.15) is 51.9 Å². The highest BCUT2D eigenvalue weighted by Gasteiger charge is 2.40. The molecule has 0 aromatic rings. The van der Waals surface area contributed by atoms with Crippen LogP contribution in [0, 0.1) is 17.8 Å². The van der Waals surface area contributed by atoms with E-state index in [1.165, 1.54) is 32.1 Å². The summed E-state index contributed by atoms with van der Waals surface area (Å²) in [5.41, 5.74) is 0. The molecule has 0 aromatic heterocycles. The van der Waals surface area contributed by atoms with Crippen LogP contribution in [-0.4, -0.2) is 23.7 Å². The minimum Gasteiger partial charge on any atom is -0.396 e. The van der Waals surface area contributed by atoms with Gasteiger partial charge in [0.1, 0.15) is 0 Å². The van der Waals surface area contributed by atoms with E-state index in [9.17, 15) is 4.79 Å². The average Bonchev–Trinajstić information content (AvgIpc) is 3.07. The molecule has 3 heteroatoms. The lowest BCUT2D eigenvalue weighted by atomic mass is 9.82. The number of rotatable bonds is 5. The molecule has 0 radical (unpaired) electrons. The molecule has 2 aliphatic rings. The molecule has 0 aliphatic heterocycles. The van der Waals surface area contributed by atoms with Gasteiger partial charge >= 0.3 is 0 Å². The summed E-state index contributed by atoms with van der Waals surface area (Å²) < 4.78 is 0. The largest absolute Gasteiger partial charge is 0.396 e. The van der Waals surface area contributed by atoms with Crippen molar-refractivity contribution in [2.75, 3.05) is 6.61 Å². The summed E-state index contributed by atoms with van der Waals surface area (Å²) in [5, 5.41) is 12.3. The first-order valence-corrected chi connectivity index (χ1v) is 7.13. The van der Waals surface area contributed by atoms with Gasteiger partial charge in [-0.1, -0.05) is 26.2 Å². The molecule has 3 unspecified atom stereocenters. The summed E-state index contributed by atoms with van der Waals surface area (Å²) in [6.07, 6.45) is 8.08. The second-order valence-corrected chi connectivity index (χ2v) is 5.84. The van der Waals surface area contributed by atoms with Crippen molar-refractivity contribution in [1.82, 2.24) is 5.32 Å². The first-order valence-electron chi connectivity index (χ1n) is 7.13. The summed E-state index contributed by atoms with van der Waals surface area (Å²) in [5.74, 6) is 1.63. The quantitative estimate of drug-likeness (QED) is 0.772. The third-order valence-corrected chi connectivity index (χ3v) is 4.43. The minimum absolute atomic E-state index is 0.182. The van der Waals surface area contributed by atoms with Gasteiger partial charge in [0.2, 0.25) is 5.91 Å². The lowest BCUT2D eigenvalue weighted by molar-refractivity contribution is -0.123. The van der Waals surface area contributed by atoms with Crippen molar-refractivity contribution in [2.45, 2.75) is 57.9 Å². The molecule has 17 heavy (non-hydrogen) atoms. The van der Waals surface area contributed by atoms with Crippen molar-refractivity contribution in [2.24, 2.45) is 17.8 Å². The maximum Gasteiger partial charge on any atom is 0.223 e. The Labute approximate surface area is 104 Å². The highest BCUT2D eigenvalue weighted by Crippen LogP contribution is 2.38. The van der Waals surface area contributed by atoms with Crippen molar-refractivity contribution in [3.05, 3.63) is 0 Å². The molecule has 0 spiro atoms. The summed E-state index contributed by atoms with van der Waals surface area (Å²) >= 11 is 0. The van der Waals surface area contributed by atoms with Crippen molar-refractivity contribution in [1.29, 1.82) is 0 Å². The highest BCUT2D eigenvalue weighted by molar-refractivity contribution is 5.81. The number of carbonyl (C=O) groups is 1. The fraction of sp³-hybridized carbons (Fsp3) is 0.929. The Morgan fingerprint density at radius 2 is 2.00 bits per heavy atom. The first kappa shape index (κ1) is 12.9. The maximum atomic E-state index is 12.0. The monoisotopic (exact) mass is 239 g/mol. The van der Waals surface area contributed by atoms with Crippen LogP contribution in [0.25, 0.3) is 0 Å². The first-order chi connectivity index (χ1) is 8.22. The Kier molecular flexibility index (Phi) is 4.43. The molecular weight excluding hydrogens is 214 g/mol. The SMILES string of the molecule is CC1CC1C(=O)NC(CCO)C1CCCCC1. The lowest BCUT2D eigenvalue weighted by Crippen LogP contribution is -2.42. The highest BCUT2D eigenvalue weighted by atomic mass is 16.3. The molecule has 2 N–H and O–H groups in total. The van der Waals surface area contributed by atoms with Crippen LogP contribution in [0.5, 0.6) is 0 Å². The van der Waals surface area contributed by atoms with E-state index in [2.05, 4.69) is 12.2 Å². The normalized spacial score (nSPS) is 30.9. The van der Waals surface area contributed by atoms with Crippen LogP contribution in [0.15, 0.2) is 0 Å². The zero-order valence-electron chi connectivity index (χ0n) is 10.8. The van der Waals surface area contributed by atoms with Gasteiger partial charge in [-0.2, -0.15) is 0 Å². The third-order valence-electron chi connectivity index (χ3n) is 4.43. The van der Waals surface area contributed by atoms with Crippen molar-refractivity contribution >= 4 is 5.91 Å². The van der Waals surface area contributed by atoms with Gasteiger partial charge in [0.05, 0.1) is 0 Å². The van der Waals surface area contributed by atoms with E-state index in [0.29, 0.717) is 11.8 Å². The van der Waals surface area contributed by atoms with Crippen molar-refractivity contribution in [3.63, 3.8) is 0 Å². The van der Waals surface area contributed by atoms with E-state index in [1.54, 1.807) is 0 Å². The molecule has 2 saturated carbocycles. The van der Waals surface area contributed by atoms with Crippen LogP contribution in [0.2, 0.25) is 0 Å². The van der Waals surface area contributed by atoms with Crippen LogP contribution >= 0.6 is 0 Å². The molecule has 2 fully saturated rings. The molecule has 2 aliphatic carbocycles. The van der Waals surface area contributed by atoms with E-state index in [0.717, 1.165) is 12.8 Å². The molecule has 1 amide bonds. The van der Waals surface area contributed by atoms with Gasteiger partial charge in [0.15, 0.2) is 0 Å². The summed E-state index contributed by atoms with van der Waals surface area (Å²) in [4.78, 5) is 12.0. The summed E-state index contributed by atoms with van der Waals surface area (Å²) in [6, 6.07) is 0.209. The lowest BCUT2D eigenvalue weighted by Gasteiger charge is -2.30.